The lowest BCUT2D eigenvalue weighted by atomic mass is 10.2. The second-order valence-corrected chi connectivity index (χ2v) is 5.51. The van der Waals surface area contributed by atoms with Crippen LogP contribution in [0.1, 0.15) is 31.2 Å². The van der Waals surface area contributed by atoms with Gasteiger partial charge in [0, 0.05) is 12.0 Å². The predicted molar refractivity (Wildman–Crippen MR) is 78.2 cm³/mol. The Morgan fingerprint density at radius 1 is 1.21 bits per heavy atom. The molecule has 1 aromatic carbocycles. The summed E-state index contributed by atoms with van der Waals surface area (Å²) in [5.74, 6) is 1.20. The molecule has 0 aliphatic heterocycles. The van der Waals surface area contributed by atoms with E-state index >= 15 is 0 Å². The van der Waals surface area contributed by atoms with Gasteiger partial charge in [0.2, 0.25) is 0 Å². The number of hydrogen-bond acceptors (Lipinski definition) is 3. The van der Waals surface area contributed by atoms with Crippen LogP contribution in [0.25, 0.3) is 0 Å². The van der Waals surface area contributed by atoms with Crippen molar-refractivity contribution in [3.05, 3.63) is 46.1 Å². The standard InChI is InChI=1S/C14H15BrFN3/c1-8(2)14-18-12(15)7-13(19-14)17-11-6-9(3)4-5-10(11)16/h4-8H,1-3H3,(H,17,18,19). The molecule has 0 radical (unpaired) electrons. The van der Waals surface area contributed by atoms with Gasteiger partial charge in [-0.2, -0.15) is 0 Å². The van der Waals surface area contributed by atoms with Crippen molar-refractivity contribution in [3.8, 4) is 0 Å². The third-order valence-corrected chi connectivity index (χ3v) is 3.02. The van der Waals surface area contributed by atoms with Gasteiger partial charge < -0.3 is 5.32 Å². The van der Waals surface area contributed by atoms with Crippen LogP contribution in [0.2, 0.25) is 0 Å². The lowest BCUT2D eigenvalue weighted by molar-refractivity contribution is 0.631. The summed E-state index contributed by atoms with van der Waals surface area (Å²) < 4.78 is 14.4. The monoisotopic (exact) mass is 323 g/mol. The van der Waals surface area contributed by atoms with E-state index in [0.717, 1.165) is 5.56 Å². The van der Waals surface area contributed by atoms with Crippen LogP contribution < -0.4 is 5.32 Å². The second kappa shape index (κ2) is 5.65. The Hall–Kier alpha value is -1.49. The highest BCUT2D eigenvalue weighted by Crippen LogP contribution is 2.23. The molecule has 0 aliphatic rings. The summed E-state index contributed by atoms with van der Waals surface area (Å²) in [6, 6.07) is 6.65. The van der Waals surface area contributed by atoms with Crippen molar-refractivity contribution in [2.45, 2.75) is 26.7 Å². The van der Waals surface area contributed by atoms with Crippen LogP contribution in [0.5, 0.6) is 0 Å². The van der Waals surface area contributed by atoms with Crippen molar-refractivity contribution in [1.29, 1.82) is 0 Å². The maximum atomic E-state index is 13.7. The van der Waals surface area contributed by atoms with Crippen molar-refractivity contribution in [3.63, 3.8) is 0 Å². The molecule has 1 N–H and O–H groups in total. The Bertz CT molecular complexity index is 599. The van der Waals surface area contributed by atoms with Gasteiger partial charge in [-0.05, 0) is 40.5 Å². The van der Waals surface area contributed by atoms with Crippen LogP contribution in [0.3, 0.4) is 0 Å². The fourth-order valence-corrected chi connectivity index (χ4v) is 2.03. The zero-order chi connectivity index (χ0) is 14.0. The second-order valence-electron chi connectivity index (χ2n) is 4.70. The average Bonchev–Trinajstić information content (AvgIpc) is 2.33. The van der Waals surface area contributed by atoms with Gasteiger partial charge in [0.25, 0.3) is 0 Å². The highest BCUT2D eigenvalue weighted by molar-refractivity contribution is 9.10. The predicted octanol–water partition coefficient (Wildman–Crippen LogP) is 4.55. The highest BCUT2D eigenvalue weighted by atomic mass is 79.9. The largest absolute Gasteiger partial charge is 0.338 e. The Balaban J connectivity index is 2.35. The van der Waals surface area contributed by atoms with E-state index in [4.69, 9.17) is 0 Å². The molecule has 0 aliphatic carbocycles. The minimum absolute atomic E-state index is 0.209. The molecule has 0 bridgehead atoms. The Labute approximate surface area is 120 Å². The molecular formula is C14H15BrFN3. The third kappa shape index (κ3) is 3.50. The minimum Gasteiger partial charge on any atom is -0.338 e. The summed E-state index contributed by atoms with van der Waals surface area (Å²) in [7, 11) is 0. The number of anilines is 2. The molecule has 0 spiro atoms. The molecule has 1 aromatic heterocycles. The molecule has 0 atom stereocenters. The van der Waals surface area contributed by atoms with E-state index in [1.807, 2.05) is 20.8 Å². The fraction of sp³-hybridized carbons (Fsp3) is 0.286. The van der Waals surface area contributed by atoms with Crippen LogP contribution >= 0.6 is 15.9 Å². The minimum atomic E-state index is -0.300. The van der Waals surface area contributed by atoms with Gasteiger partial charge in [-0.1, -0.05) is 19.9 Å². The summed E-state index contributed by atoms with van der Waals surface area (Å²) >= 11 is 3.34. The van der Waals surface area contributed by atoms with Gasteiger partial charge >= 0.3 is 0 Å². The molecule has 0 amide bonds. The summed E-state index contributed by atoms with van der Waals surface area (Å²) in [5.41, 5.74) is 1.40. The van der Waals surface area contributed by atoms with E-state index in [9.17, 15) is 4.39 Å². The van der Waals surface area contributed by atoms with Crippen molar-refractivity contribution >= 4 is 27.4 Å². The molecule has 5 heteroatoms. The van der Waals surface area contributed by atoms with Crippen molar-refractivity contribution in [1.82, 2.24) is 9.97 Å². The van der Waals surface area contributed by atoms with Gasteiger partial charge in [0.1, 0.15) is 22.1 Å². The number of hydrogen-bond donors (Lipinski definition) is 1. The van der Waals surface area contributed by atoms with Crippen LogP contribution in [-0.4, -0.2) is 9.97 Å². The van der Waals surface area contributed by atoms with Crippen LogP contribution in [0, 0.1) is 12.7 Å². The molecule has 19 heavy (non-hydrogen) atoms. The Morgan fingerprint density at radius 3 is 2.63 bits per heavy atom. The molecule has 0 saturated carbocycles. The van der Waals surface area contributed by atoms with Gasteiger partial charge in [-0.25, -0.2) is 14.4 Å². The summed E-state index contributed by atoms with van der Waals surface area (Å²) in [5, 5.41) is 2.99. The van der Waals surface area contributed by atoms with Crippen LogP contribution in [0.15, 0.2) is 28.9 Å². The summed E-state index contributed by atoms with van der Waals surface area (Å²) in [6.07, 6.45) is 0. The first-order valence-electron chi connectivity index (χ1n) is 6.03. The molecule has 3 nitrogen and oxygen atoms in total. The molecule has 0 unspecified atom stereocenters. The smallest absolute Gasteiger partial charge is 0.146 e. The van der Waals surface area contributed by atoms with Crippen LogP contribution in [-0.2, 0) is 0 Å². The van der Waals surface area contributed by atoms with E-state index in [1.165, 1.54) is 6.07 Å². The first kappa shape index (κ1) is 13.9. The zero-order valence-electron chi connectivity index (χ0n) is 11.0. The lowest BCUT2D eigenvalue weighted by Gasteiger charge is -2.11. The van der Waals surface area contributed by atoms with Gasteiger partial charge in [0.15, 0.2) is 0 Å². The molecular weight excluding hydrogens is 309 g/mol. The molecule has 1 heterocycles. The lowest BCUT2D eigenvalue weighted by Crippen LogP contribution is -2.03. The molecule has 2 rings (SSSR count). The number of halogens is 2. The number of aryl methyl sites for hydroxylation is 1. The maximum Gasteiger partial charge on any atom is 0.146 e. The maximum absolute atomic E-state index is 13.7. The molecule has 100 valence electrons. The van der Waals surface area contributed by atoms with Crippen molar-refractivity contribution in [2.24, 2.45) is 0 Å². The van der Waals surface area contributed by atoms with Crippen LogP contribution in [0.4, 0.5) is 15.9 Å². The topological polar surface area (TPSA) is 37.8 Å². The first-order chi connectivity index (χ1) is 8.95. The molecule has 0 saturated heterocycles. The van der Waals surface area contributed by atoms with Gasteiger partial charge in [-0.3, -0.25) is 0 Å². The van der Waals surface area contributed by atoms with E-state index in [1.54, 1.807) is 18.2 Å². The number of benzene rings is 1. The van der Waals surface area contributed by atoms with E-state index in [0.29, 0.717) is 21.9 Å². The number of nitrogens with zero attached hydrogens (tertiary/aromatic N) is 2. The quantitative estimate of drug-likeness (QED) is 0.842. The number of nitrogens with one attached hydrogen (secondary N) is 1. The van der Waals surface area contributed by atoms with E-state index < -0.39 is 0 Å². The zero-order valence-corrected chi connectivity index (χ0v) is 12.6. The van der Waals surface area contributed by atoms with Crippen molar-refractivity contribution in [2.75, 3.05) is 5.32 Å². The van der Waals surface area contributed by atoms with E-state index in [-0.39, 0.29) is 11.7 Å². The summed E-state index contributed by atoms with van der Waals surface area (Å²) in [4.78, 5) is 8.67. The van der Waals surface area contributed by atoms with Gasteiger partial charge in [0.05, 0.1) is 5.69 Å². The highest BCUT2D eigenvalue weighted by Gasteiger charge is 2.09. The number of rotatable bonds is 3. The first-order valence-corrected chi connectivity index (χ1v) is 6.82. The third-order valence-electron chi connectivity index (χ3n) is 2.61. The average molecular weight is 324 g/mol. The van der Waals surface area contributed by atoms with Gasteiger partial charge in [-0.15, -0.1) is 0 Å². The fourth-order valence-electron chi connectivity index (χ4n) is 1.63. The van der Waals surface area contributed by atoms with Crippen molar-refractivity contribution < 1.29 is 4.39 Å². The molecule has 2 aromatic rings. The Morgan fingerprint density at radius 2 is 1.95 bits per heavy atom. The SMILES string of the molecule is Cc1ccc(F)c(Nc2cc(Br)nc(C(C)C)n2)c1. The Kier molecular flexibility index (Phi) is 4.14. The number of aromatic nitrogens is 2. The molecule has 0 fully saturated rings. The summed E-state index contributed by atoms with van der Waals surface area (Å²) in [6.45, 7) is 5.94. The normalized spacial score (nSPS) is 10.8. The van der Waals surface area contributed by atoms with E-state index in [2.05, 4.69) is 31.2 Å².